The number of sulfonamides is 1. The van der Waals surface area contributed by atoms with Gasteiger partial charge >= 0.3 is 0 Å². The molecule has 6 nitrogen and oxygen atoms in total. The second-order valence-electron chi connectivity index (χ2n) is 5.48. The number of ether oxygens (including phenoxy) is 1. The van der Waals surface area contributed by atoms with E-state index in [1.54, 1.807) is 13.0 Å². The quantitative estimate of drug-likeness (QED) is 0.748. The van der Waals surface area contributed by atoms with Crippen LogP contribution in [0.5, 0.6) is 0 Å². The van der Waals surface area contributed by atoms with Crippen LogP contribution in [0.25, 0.3) is 0 Å². The third-order valence-electron chi connectivity index (χ3n) is 3.63. The van der Waals surface area contributed by atoms with Gasteiger partial charge in [0.25, 0.3) is 0 Å². The fourth-order valence-corrected chi connectivity index (χ4v) is 3.41. The number of rotatable bonds is 5. The Labute approximate surface area is 126 Å². The summed E-state index contributed by atoms with van der Waals surface area (Å²) in [6, 6.07) is 5.60. The number of hydrogen-bond acceptors (Lipinski definition) is 5. The molecule has 2 unspecified atom stereocenters. The molecule has 2 atom stereocenters. The minimum absolute atomic E-state index is 0.166. The molecule has 118 valence electrons. The standard InChI is InChI=1S/C14H23N3O3S/c1-10(8-12-9-20-7-6-16-12)17-13-4-3-5-14(11(13)2)21(15,18)19/h3-5,10,12,16-17H,6-9H2,1-2H3,(H2,15,18,19). The van der Waals surface area contributed by atoms with Crippen molar-refractivity contribution in [1.29, 1.82) is 0 Å². The molecule has 1 aliphatic heterocycles. The molecule has 0 saturated carbocycles. The summed E-state index contributed by atoms with van der Waals surface area (Å²) in [7, 11) is -3.69. The van der Waals surface area contributed by atoms with E-state index in [-0.39, 0.29) is 10.9 Å². The van der Waals surface area contributed by atoms with Gasteiger partial charge in [0, 0.05) is 24.3 Å². The molecule has 0 spiro atoms. The van der Waals surface area contributed by atoms with Crippen LogP contribution in [0.2, 0.25) is 0 Å². The molecule has 0 radical (unpaired) electrons. The number of morpholine rings is 1. The summed E-state index contributed by atoms with van der Waals surface area (Å²) >= 11 is 0. The summed E-state index contributed by atoms with van der Waals surface area (Å²) < 4.78 is 28.5. The van der Waals surface area contributed by atoms with E-state index >= 15 is 0 Å². The Bertz CT molecular complexity index is 583. The van der Waals surface area contributed by atoms with Crippen LogP contribution in [0.3, 0.4) is 0 Å². The van der Waals surface area contributed by atoms with E-state index in [9.17, 15) is 8.42 Å². The highest BCUT2D eigenvalue weighted by molar-refractivity contribution is 7.89. The van der Waals surface area contributed by atoms with Crippen molar-refractivity contribution in [2.45, 2.75) is 37.2 Å². The Hall–Kier alpha value is -1.15. The molecular formula is C14H23N3O3S. The summed E-state index contributed by atoms with van der Waals surface area (Å²) in [5.41, 5.74) is 1.45. The van der Waals surface area contributed by atoms with E-state index in [2.05, 4.69) is 17.6 Å². The van der Waals surface area contributed by atoms with Crippen LogP contribution in [-0.4, -0.2) is 40.3 Å². The highest BCUT2D eigenvalue weighted by Crippen LogP contribution is 2.23. The van der Waals surface area contributed by atoms with Crippen molar-refractivity contribution in [3.63, 3.8) is 0 Å². The zero-order valence-electron chi connectivity index (χ0n) is 12.4. The highest BCUT2D eigenvalue weighted by atomic mass is 32.2. The third kappa shape index (κ3) is 4.41. The van der Waals surface area contributed by atoms with Gasteiger partial charge in [-0.25, -0.2) is 13.6 Å². The lowest BCUT2D eigenvalue weighted by Gasteiger charge is -2.27. The van der Waals surface area contributed by atoms with Crippen molar-refractivity contribution in [2.24, 2.45) is 5.14 Å². The van der Waals surface area contributed by atoms with Crippen LogP contribution in [0.4, 0.5) is 5.69 Å². The van der Waals surface area contributed by atoms with Gasteiger partial charge in [-0.1, -0.05) is 6.07 Å². The molecule has 0 aliphatic carbocycles. The van der Waals surface area contributed by atoms with E-state index < -0.39 is 10.0 Å². The largest absolute Gasteiger partial charge is 0.382 e. The predicted molar refractivity (Wildman–Crippen MR) is 82.9 cm³/mol. The fraction of sp³-hybridized carbons (Fsp3) is 0.571. The van der Waals surface area contributed by atoms with Crippen molar-refractivity contribution in [3.05, 3.63) is 23.8 Å². The zero-order valence-corrected chi connectivity index (χ0v) is 13.2. The van der Waals surface area contributed by atoms with Crippen LogP contribution < -0.4 is 15.8 Å². The fourth-order valence-electron chi connectivity index (χ4n) is 2.60. The predicted octanol–water partition coefficient (Wildman–Crippen LogP) is 0.821. The van der Waals surface area contributed by atoms with Gasteiger partial charge in [0.1, 0.15) is 0 Å². The average Bonchev–Trinajstić information content (AvgIpc) is 2.41. The Morgan fingerprint density at radius 3 is 2.90 bits per heavy atom. The van der Waals surface area contributed by atoms with E-state index in [1.165, 1.54) is 6.07 Å². The molecule has 21 heavy (non-hydrogen) atoms. The Balaban J connectivity index is 2.05. The van der Waals surface area contributed by atoms with Gasteiger partial charge in [0.05, 0.1) is 18.1 Å². The van der Waals surface area contributed by atoms with Gasteiger partial charge in [-0.2, -0.15) is 0 Å². The maximum atomic E-state index is 11.5. The summed E-state index contributed by atoms with van der Waals surface area (Å²) in [6.07, 6.45) is 0.902. The summed E-state index contributed by atoms with van der Waals surface area (Å²) in [6.45, 7) is 6.17. The lowest BCUT2D eigenvalue weighted by atomic mass is 10.1. The highest BCUT2D eigenvalue weighted by Gasteiger charge is 2.18. The Kier molecular flexibility index (Phi) is 5.21. The van der Waals surface area contributed by atoms with E-state index in [1.807, 2.05) is 6.07 Å². The lowest BCUT2D eigenvalue weighted by Crippen LogP contribution is -2.43. The van der Waals surface area contributed by atoms with E-state index in [0.717, 1.165) is 25.3 Å². The second kappa shape index (κ2) is 6.74. The van der Waals surface area contributed by atoms with Crippen LogP contribution in [0, 0.1) is 6.92 Å². The summed E-state index contributed by atoms with van der Waals surface area (Å²) in [5, 5.41) is 12.0. The molecule has 1 aliphatic rings. The normalized spacial score (nSPS) is 21.0. The maximum absolute atomic E-state index is 11.5. The van der Waals surface area contributed by atoms with Gasteiger partial charge in [-0.05, 0) is 38.0 Å². The smallest absolute Gasteiger partial charge is 0.238 e. The number of benzene rings is 1. The van der Waals surface area contributed by atoms with E-state index in [0.29, 0.717) is 18.2 Å². The van der Waals surface area contributed by atoms with Crippen molar-refractivity contribution < 1.29 is 13.2 Å². The molecular weight excluding hydrogens is 290 g/mol. The molecule has 0 bridgehead atoms. The summed E-state index contributed by atoms with van der Waals surface area (Å²) in [5.74, 6) is 0. The minimum atomic E-state index is -3.69. The number of anilines is 1. The van der Waals surface area contributed by atoms with Crippen molar-refractivity contribution in [1.82, 2.24) is 5.32 Å². The first-order valence-electron chi connectivity index (χ1n) is 7.08. The van der Waals surface area contributed by atoms with Crippen LogP contribution in [-0.2, 0) is 14.8 Å². The SMILES string of the molecule is Cc1c(NC(C)CC2COCCN2)cccc1S(N)(=O)=O. The van der Waals surface area contributed by atoms with Crippen molar-refractivity contribution >= 4 is 15.7 Å². The molecule has 1 aromatic rings. The first-order chi connectivity index (χ1) is 9.88. The van der Waals surface area contributed by atoms with Gasteiger partial charge in [-0.3, -0.25) is 0 Å². The number of nitrogens with two attached hydrogens (primary N) is 1. The van der Waals surface area contributed by atoms with Crippen LogP contribution in [0.1, 0.15) is 18.9 Å². The first-order valence-corrected chi connectivity index (χ1v) is 8.62. The maximum Gasteiger partial charge on any atom is 0.238 e. The van der Waals surface area contributed by atoms with Gasteiger partial charge < -0.3 is 15.4 Å². The van der Waals surface area contributed by atoms with Gasteiger partial charge in [-0.15, -0.1) is 0 Å². The molecule has 7 heteroatoms. The Morgan fingerprint density at radius 2 is 2.29 bits per heavy atom. The monoisotopic (exact) mass is 313 g/mol. The number of primary sulfonamides is 1. The number of hydrogen-bond donors (Lipinski definition) is 3. The molecule has 2 rings (SSSR count). The van der Waals surface area contributed by atoms with Crippen LogP contribution >= 0.6 is 0 Å². The lowest BCUT2D eigenvalue weighted by molar-refractivity contribution is 0.0731. The molecule has 0 amide bonds. The molecule has 1 saturated heterocycles. The molecule has 4 N–H and O–H groups in total. The Morgan fingerprint density at radius 1 is 1.52 bits per heavy atom. The van der Waals surface area contributed by atoms with Crippen molar-refractivity contribution in [2.75, 3.05) is 25.1 Å². The summed E-state index contributed by atoms with van der Waals surface area (Å²) in [4.78, 5) is 0.166. The topological polar surface area (TPSA) is 93.4 Å². The molecule has 1 heterocycles. The molecule has 1 fully saturated rings. The third-order valence-corrected chi connectivity index (χ3v) is 4.68. The van der Waals surface area contributed by atoms with Crippen molar-refractivity contribution in [3.8, 4) is 0 Å². The average molecular weight is 313 g/mol. The second-order valence-corrected chi connectivity index (χ2v) is 7.01. The molecule has 1 aromatic carbocycles. The van der Waals surface area contributed by atoms with Gasteiger partial charge in [0.15, 0.2) is 0 Å². The van der Waals surface area contributed by atoms with E-state index in [4.69, 9.17) is 9.88 Å². The minimum Gasteiger partial charge on any atom is -0.382 e. The molecule has 0 aromatic heterocycles. The van der Waals surface area contributed by atoms with Crippen LogP contribution in [0.15, 0.2) is 23.1 Å². The number of nitrogens with one attached hydrogen (secondary N) is 2. The zero-order chi connectivity index (χ0) is 15.5. The first kappa shape index (κ1) is 16.2. The van der Waals surface area contributed by atoms with Gasteiger partial charge in [0.2, 0.25) is 10.0 Å².